The average Bonchev–Trinajstić information content (AvgIpc) is 3.11. The van der Waals surface area contributed by atoms with E-state index >= 15 is 0 Å². The smallest absolute Gasteiger partial charge is 0.252 e. The maximum Gasteiger partial charge on any atom is 0.252 e. The van der Waals surface area contributed by atoms with Crippen molar-refractivity contribution < 1.29 is 4.79 Å². The lowest BCUT2D eigenvalue weighted by molar-refractivity contribution is 0.0954. The minimum absolute atomic E-state index is 0.184. The number of aryl methyl sites for hydroxylation is 1. The van der Waals surface area contributed by atoms with Crippen molar-refractivity contribution in [3.05, 3.63) is 50.9 Å². The second-order valence-corrected chi connectivity index (χ2v) is 7.09. The minimum atomic E-state index is -0.184. The number of carbonyl (C=O) groups is 1. The molecule has 0 saturated carbocycles. The van der Waals surface area contributed by atoms with Crippen LogP contribution in [0.4, 0.5) is 0 Å². The van der Waals surface area contributed by atoms with Crippen LogP contribution in [0.5, 0.6) is 0 Å². The molecule has 0 bridgehead atoms. The number of nitrogens with one attached hydrogen (secondary N) is 3. The van der Waals surface area contributed by atoms with E-state index in [1.54, 1.807) is 42.6 Å². The summed E-state index contributed by atoms with van der Waals surface area (Å²) < 4.78 is 0. The second kappa shape index (κ2) is 10.8. The van der Waals surface area contributed by atoms with Gasteiger partial charge >= 0.3 is 0 Å². The van der Waals surface area contributed by atoms with Crippen molar-refractivity contribution in [2.45, 2.75) is 19.8 Å². The van der Waals surface area contributed by atoms with Crippen molar-refractivity contribution in [3.63, 3.8) is 0 Å². The van der Waals surface area contributed by atoms with Crippen LogP contribution in [0, 0.1) is 0 Å². The van der Waals surface area contributed by atoms with Crippen LogP contribution in [0.2, 0.25) is 5.02 Å². The highest BCUT2D eigenvalue weighted by atomic mass is 35.5. The number of amides is 1. The number of rotatable bonds is 8. The monoisotopic (exact) mass is 393 g/mol. The highest BCUT2D eigenvalue weighted by Gasteiger charge is 2.08. The molecular weight excluding hydrogens is 370 g/mol. The van der Waals surface area contributed by atoms with E-state index in [2.05, 4.69) is 32.9 Å². The Balaban J connectivity index is 1.65. The Hall–Kier alpha value is -2.12. The summed E-state index contributed by atoms with van der Waals surface area (Å²) in [6, 6.07) is 6.99. The van der Waals surface area contributed by atoms with Crippen LogP contribution in [0.15, 0.2) is 35.5 Å². The summed E-state index contributed by atoms with van der Waals surface area (Å²) in [5.74, 6) is 0.514. The van der Waals surface area contributed by atoms with Crippen LogP contribution in [-0.2, 0) is 12.8 Å². The molecule has 0 atom stereocenters. The molecular formula is C18H24ClN5OS. The number of aliphatic imine (C=N–C) groups is 1. The molecule has 0 aliphatic heterocycles. The van der Waals surface area contributed by atoms with E-state index < -0.39 is 0 Å². The molecule has 140 valence electrons. The van der Waals surface area contributed by atoms with Gasteiger partial charge in [-0.1, -0.05) is 30.7 Å². The van der Waals surface area contributed by atoms with Gasteiger partial charge in [0.15, 0.2) is 5.96 Å². The Morgan fingerprint density at radius 3 is 2.62 bits per heavy atom. The van der Waals surface area contributed by atoms with Crippen molar-refractivity contribution in [2.75, 3.05) is 26.7 Å². The van der Waals surface area contributed by atoms with E-state index in [1.165, 1.54) is 4.88 Å². The molecule has 6 nitrogen and oxygen atoms in total. The van der Waals surface area contributed by atoms with Crippen molar-refractivity contribution in [1.82, 2.24) is 20.9 Å². The largest absolute Gasteiger partial charge is 0.356 e. The Morgan fingerprint density at radius 1 is 1.19 bits per heavy atom. The number of benzene rings is 1. The summed E-state index contributed by atoms with van der Waals surface area (Å²) in [6.07, 6.45) is 3.82. The van der Waals surface area contributed by atoms with Gasteiger partial charge in [0.05, 0.1) is 15.6 Å². The predicted octanol–water partition coefficient (Wildman–Crippen LogP) is 2.50. The first kappa shape index (κ1) is 20.2. The molecule has 1 aromatic heterocycles. The van der Waals surface area contributed by atoms with Crippen LogP contribution >= 0.6 is 22.9 Å². The van der Waals surface area contributed by atoms with Gasteiger partial charge in [0.2, 0.25) is 0 Å². The first-order chi connectivity index (χ1) is 12.6. The van der Waals surface area contributed by atoms with E-state index in [0.29, 0.717) is 29.6 Å². The summed E-state index contributed by atoms with van der Waals surface area (Å²) in [7, 11) is 1.72. The van der Waals surface area contributed by atoms with Gasteiger partial charge in [-0.05, 0) is 18.6 Å². The highest BCUT2D eigenvalue weighted by Crippen LogP contribution is 2.14. The molecule has 1 aromatic carbocycles. The van der Waals surface area contributed by atoms with Gasteiger partial charge in [0.1, 0.15) is 0 Å². The fourth-order valence-electron chi connectivity index (χ4n) is 2.23. The first-order valence-corrected chi connectivity index (χ1v) is 9.74. The molecule has 0 fully saturated rings. The number of hydrogen-bond donors (Lipinski definition) is 3. The van der Waals surface area contributed by atoms with Crippen molar-refractivity contribution in [1.29, 1.82) is 0 Å². The molecule has 0 spiro atoms. The summed E-state index contributed by atoms with van der Waals surface area (Å²) in [6.45, 7) is 3.92. The van der Waals surface area contributed by atoms with Crippen LogP contribution < -0.4 is 16.0 Å². The van der Waals surface area contributed by atoms with Gasteiger partial charge in [0.25, 0.3) is 5.91 Å². The number of hydrogen-bond acceptors (Lipinski definition) is 4. The van der Waals surface area contributed by atoms with E-state index in [9.17, 15) is 4.79 Å². The molecule has 2 rings (SSSR count). The van der Waals surface area contributed by atoms with Gasteiger partial charge in [-0.15, -0.1) is 11.3 Å². The third kappa shape index (κ3) is 6.31. The number of nitrogens with zero attached hydrogens (tertiary/aromatic N) is 2. The lowest BCUT2D eigenvalue weighted by atomic mass is 10.2. The summed E-state index contributed by atoms with van der Waals surface area (Å²) >= 11 is 7.76. The minimum Gasteiger partial charge on any atom is -0.356 e. The molecule has 1 heterocycles. The lowest BCUT2D eigenvalue weighted by Crippen LogP contribution is -2.42. The number of halogens is 1. The Morgan fingerprint density at radius 2 is 1.92 bits per heavy atom. The fraction of sp³-hybridized carbons (Fsp3) is 0.389. The van der Waals surface area contributed by atoms with E-state index in [0.717, 1.165) is 24.4 Å². The van der Waals surface area contributed by atoms with Crippen LogP contribution in [0.1, 0.15) is 27.2 Å². The molecule has 3 N–H and O–H groups in total. The zero-order chi connectivity index (χ0) is 18.8. The van der Waals surface area contributed by atoms with Gasteiger partial charge in [-0.25, -0.2) is 4.98 Å². The van der Waals surface area contributed by atoms with Gasteiger partial charge in [0, 0.05) is 44.2 Å². The lowest BCUT2D eigenvalue weighted by Gasteiger charge is -2.12. The standard InChI is InChI=1S/C18H24ClN5OS/c1-3-13-12-24-16(26-13)8-9-22-18(20-2)23-11-10-21-17(25)14-6-4-5-7-15(14)19/h4-7,12H,3,8-11H2,1-2H3,(H,21,25)(H2,20,22,23). The van der Waals surface area contributed by atoms with Crippen molar-refractivity contribution in [3.8, 4) is 0 Å². The van der Waals surface area contributed by atoms with E-state index in [4.69, 9.17) is 11.6 Å². The summed E-state index contributed by atoms with van der Waals surface area (Å²) in [5, 5.41) is 10.8. The summed E-state index contributed by atoms with van der Waals surface area (Å²) in [4.78, 5) is 21.9. The maximum atomic E-state index is 12.1. The molecule has 0 aliphatic rings. The zero-order valence-electron chi connectivity index (χ0n) is 15.0. The third-order valence-electron chi connectivity index (χ3n) is 3.63. The molecule has 0 unspecified atom stereocenters. The highest BCUT2D eigenvalue weighted by molar-refractivity contribution is 7.11. The topological polar surface area (TPSA) is 78.4 Å². The number of thiazole rings is 1. The SMILES string of the molecule is CCc1cnc(CCNC(=NC)NCCNC(=O)c2ccccc2Cl)s1. The Labute approximate surface area is 163 Å². The Kier molecular flexibility index (Phi) is 8.37. The van der Waals surface area contributed by atoms with Crippen LogP contribution in [0.25, 0.3) is 0 Å². The third-order valence-corrected chi connectivity index (χ3v) is 5.16. The fourth-order valence-corrected chi connectivity index (χ4v) is 3.32. The van der Waals surface area contributed by atoms with Crippen LogP contribution in [0.3, 0.4) is 0 Å². The van der Waals surface area contributed by atoms with Crippen molar-refractivity contribution in [2.24, 2.45) is 4.99 Å². The number of guanidine groups is 1. The Bertz CT molecular complexity index is 747. The quantitative estimate of drug-likeness (QED) is 0.366. The average molecular weight is 394 g/mol. The van der Waals surface area contributed by atoms with Crippen molar-refractivity contribution >= 4 is 34.8 Å². The molecule has 0 aliphatic carbocycles. The number of aromatic nitrogens is 1. The molecule has 0 saturated heterocycles. The normalized spacial score (nSPS) is 11.3. The summed E-state index contributed by atoms with van der Waals surface area (Å²) in [5.41, 5.74) is 0.478. The second-order valence-electron chi connectivity index (χ2n) is 5.49. The molecule has 2 aromatic rings. The number of carbonyl (C=O) groups excluding carboxylic acids is 1. The first-order valence-electron chi connectivity index (χ1n) is 8.54. The predicted molar refractivity (Wildman–Crippen MR) is 108 cm³/mol. The molecule has 0 radical (unpaired) electrons. The van der Waals surface area contributed by atoms with Gasteiger partial charge in [-0.3, -0.25) is 9.79 Å². The maximum absolute atomic E-state index is 12.1. The van der Waals surface area contributed by atoms with Gasteiger partial charge < -0.3 is 16.0 Å². The van der Waals surface area contributed by atoms with Gasteiger partial charge in [-0.2, -0.15) is 0 Å². The van der Waals surface area contributed by atoms with Crippen LogP contribution in [-0.4, -0.2) is 43.5 Å². The molecule has 1 amide bonds. The van der Waals surface area contributed by atoms with E-state index in [-0.39, 0.29) is 5.91 Å². The molecule has 26 heavy (non-hydrogen) atoms. The zero-order valence-corrected chi connectivity index (χ0v) is 16.6. The molecule has 8 heteroatoms. The van der Waals surface area contributed by atoms with E-state index in [1.807, 2.05) is 6.20 Å².